The monoisotopic (exact) mass is 421 g/mol. The smallest absolute Gasteiger partial charge is 0.319 e. The fraction of sp³-hybridized carbons (Fsp3) is 0.360. The Morgan fingerprint density at radius 3 is 2.48 bits per heavy atom. The van der Waals surface area contributed by atoms with Crippen molar-refractivity contribution in [3.8, 4) is 0 Å². The van der Waals surface area contributed by atoms with Crippen LogP contribution in [0.4, 0.5) is 10.5 Å². The zero-order chi connectivity index (χ0) is 22.6. The van der Waals surface area contributed by atoms with Crippen LogP contribution in [0, 0.1) is 6.92 Å². The summed E-state index contributed by atoms with van der Waals surface area (Å²) in [6, 6.07) is 13.0. The minimum Gasteiger partial charge on any atom is -0.378 e. The van der Waals surface area contributed by atoms with Gasteiger partial charge in [0.15, 0.2) is 0 Å². The average Bonchev–Trinajstić information content (AvgIpc) is 2.75. The summed E-state index contributed by atoms with van der Waals surface area (Å²) in [7, 11) is 0. The third-order valence-electron chi connectivity index (χ3n) is 5.53. The quantitative estimate of drug-likeness (QED) is 0.744. The number of morpholine rings is 1. The van der Waals surface area contributed by atoms with E-state index in [1.165, 1.54) is 0 Å². The topological polar surface area (TPSA) is 70.7 Å². The third kappa shape index (κ3) is 5.52. The molecule has 0 bridgehead atoms. The Morgan fingerprint density at radius 1 is 1.10 bits per heavy atom. The van der Waals surface area contributed by atoms with Crippen LogP contribution in [0.25, 0.3) is 5.57 Å². The molecular formula is C25H31N3O3. The van der Waals surface area contributed by atoms with Crippen molar-refractivity contribution in [2.75, 3.05) is 31.6 Å². The van der Waals surface area contributed by atoms with E-state index >= 15 is 0 Å². The summed E-state index contributed by atoms with van der Waals surface area (Å²) in [6.45, 7) is 14.0. The van der Waals surface area contributed by atoms with Crippen molar-refractivity contribution in [1.29, 1.82) is 0 Å². The van der Waals surface area contributed by atoms with E-state index in [-0.39, 0.29) is 11.9 Å². The second-order valence-electron chi connectivity index (χ2n) is 8.50. The summed E-state index contributed by atoms with van der Waals surface area (Å²) in [5, 5.41) is 5.89. The van der Waals surface area contributed by atoms with Gasteiger partial charge in [-0.2, -0.15) is 0 Å². The number of hydrogen-bond donors (Lipinski definition) is 2. The van der Waals surface area contributed by atoms with Crippen LogP contribution in [0.3, 0.4) is 0 Å². The molecule has 3 amide bonds. The molecule has 1 aliphatic rings. The molecule has 0 unspecified atom stereocenters. The van der Waals surface area contributed by atoms with E-state index in [1.807, 2.05) is 58.0 Å². The van der Waals surface area contributed by atoms with E-state index in [0.717, 1.165) is 22.3 Å². The van der Waals surface area contributed by atoms with Crippen molar-refractivity contribution < 1.29 is 14.3 Å². The van der Waals surface area contributed by atoms with Gasteiger partial charge in [-0.3, -0.25) is 4.79 Å². The van der Waals surface area contributed by atoms with Gasteiger partial charge in [-0.1, -0.05) is 36.4 Å². The van der Waals surface area contributed by atoms with Crippen LogP contribution in [0.5, 0.6) is 0 Å². The number of benzene rings is 2. The molecule has 1 heterocycles. The van der Waals surface area contributed by atoms with Crippen LogP contribution in [0.2, 0.25) is 0 Å². The van der Waals surface area contributed by atoms with Gasteiger partial charge in [0, 0.05) is 24.3 Å². The number of rotatable bonds is 5. The molecule has 3 rings (SSSR count). The van der Waals surface area contributed by atoms with Crippen LogP contribution in [-0.4, -0.2) is 43.1 Å². The Bertz CT molecular complexity index is 991. The second-order valence-corrected chi connectivity index (χ2v) is 8.50. The molecule has 0 radical (unpaired) electrons. The predicted molar refractivity (Wildman–Crippen MR) is 124 cm³/mol. The number of carbonyl (C=O) groups excluding carboxylic acids is 2. The van der Waals surface area contributed by atoms with Crippen LogP contribution in [-0.2, 0) is 10.3 Å². The molecule has 0 atom stereocenters. The molecule has 0 spiro atoms. The van der Waals surface area contributed by atoms with Crippen molar-refractivity contribution in [3.63, 3.8) is 0 Å². The van der Waals surface area contributed by atoms with E-state index in [2.05, 4.69) is 17.2 Å². The van der Waals surface area contributed by atoms with Gasteiger partial charge in [-0.25, -0.2) is 4.79 Å². The molecule has 164 valence electrons. The maximum Gasteiger partial charge on any atom is 0.319 e. The second kappa shape index (κ2) is 9.35. The van der Waals surface area contributed by atoms with Gasteiger partial charge in [-0.15, -0.1) is 0 Å². The maximum atomic E-state index is 12.9. The Balaban J connectivity index is 1.72. The lowest BCUT2D eigenvalue weighted by Gasteiger charge is -2.28. The van der Waals surface area contributed by atoms with Gasteiger partial charge in [0.1, 0.15) is 0 Å². The molecule has 31 heavy (non-hydrogen) atoms. The number of nitrogens with one attached hydrogen (secondary N) is 2. The lowest BCUT2D eigenvalue weighted by Crippen LogP contribution is -2.43. The fourth-order valence-electron chi connectivity index (χ4n) is 3.56. The average molecular weight is 422 g/mol. The first-order valence-corrected chi connectivity index (χ1v) is 10.5. The largest absolute Gasteiger partial charge is 0.378 e. The summed E-state index contributed by atoms with van der Waals surface area (Å²) >= 11 is 0. The number of anilines is 1. The van der Waals surface area contributed by atoms with Gasteiger partial charge in [0.2, 0.25) is 0 Å². The predicted octanol–water partition coefficient (Wildman–Crippen LogP) is 4.56. The summed E-state index contributed by atoms with van der Waals surface area (Å²) < 4.78 is 5.33. The Kier molecular flexibility index (Phi) is 6.81. The molecule has 0 aromatic heterocycles. The highest BCUT2D eigenvalue weighted by molar-refractivity contribution is 5.98. The molecule has 2 N–H and O–H groups in total. The van der Waals surface area contributed by atoms with Crippen molar-refractivity contribution in [2.45, 2.75) is 33.2 Å². The zero-order valence-electron chi connectivity index (χ0n) is 18.7. The third-order valence-corrected chi connectivity index (χ3v) is 5.53. The zero-order valence-corrected chi connectivity index (χ0v) is 18.7. The van der Waals surface area contributed by atoms with E-state index < -0.39 is 5.54 Å². The number of aryl methyl sites for hydroxylation is 1. The molecular weight excluding hydrogens is 390 g/mol. The summed E-state index contributed by atoms with van der Waals surface area (Å²) in [5.74, 6) is -0.0400. The molecule has 0 aliphatic carbocycles. The first-order valence-electron chi connectivity index (χ1n) is 10.5. The minimum atomic E-state index is -0.591. The molecule has 1 fully saturated rings. The molecule has 6 nitrogen and oxygen atoms in total. The van der Waals surface area contributed by atoms with Gasteiger partial charge < -0.3 is 20.3 Å². The van der Waals surface area contributed by atoms with Crippen LogP contribution < -0.4 is 10.6 Å². The van der Waals surface area contributed by atoms with Crippen molar-refractivity contribution in [3.05, 3.63) is 71.3 Å². The number of nitrogens with zero attached hydrogens (tertiary/aromatic N) is 1. The fourth-order valence-corrected chi connectivity index (χ4v) is 3.56. The normalized spacial score (nSPS) is 14.1. The van der Waals surface area contributed by atoms with Crippen LogP contribution >= 0.6 is 0 Å². The minimum absolute atomic E-state index is 0.0400. The molecule has 6 heteroatoms. The molecule has 2 aromatic rings. The van der Waals surface area contributed by atoms with Crippen molar-refractivity contribution >= 4 is 23.2 Å². The van der Waals surface area contributed by atoms with E-state index in [1.54, 1.807) is 17.0 Å². The number of hydrogen-bond acceptors (Lipinski definition) is 3. The SMILES string of the molecule is C=C(C)c1cccc(C(C)(C)NC(=O)Nc2ccc(C)c(C(=O)N3CCOCC3)c2)c1. The number of amides is 3. The molecule has 2 aromatic carbocycles. The summed E-state index contributed by atoms with van der Waals surface area (Å²) in [5.41, 5.74) is 4.44. The summed E-state index contributed by atoms with van der Waals surface area (Å²) in [4.78, 5) is 27.4. The highest BCUT2D eigenvalue weighted by Gasteiger charge is 2.24. The Labute approximate surface area is 184 Å². The van der Waals surface area contributed by atoms with Crippen molar-refractivity contribution in [2.24, 2.45) is 0 Å². The van der Waals surface area contributed by atoms with Crippen LogP contribution in [0.15, 0.2) is 49.0 Å². The van der Waals surface area contributed by atoms with E-state index in [9.17, 15) is 9.59 Å². The maximum absolute atomic E-state index is 12.9. The van der Waals surface area contributed by atoms with Gasteiger partial charge in [0.05, 0.1) is 18.8 Å². The Morgan fingerprint density at radius 2 is 1.81 bits per heavy atom. The van der Waals surface area contributed by atoms with E-state index in [0.29, 0.717) is 37.6 Å². The number of carbonyl (C=O) groups is 2. The number of urea groups is 1. The van der Waals surface area contributed by atoms with Crippen molar-refractivity contribution in [1.82, 2.24) is 10.2 Å². The highest BCUT2D eigenvalue weighted by atomic mass is 16.5. The van der Waals surface area contributed by atoms with Gasteiger partial charge in [0.25, 0.3) is 5.91 Å². The standard InChI is InChI=1S/C25H31N3O3/c1-17(2)19-7-6-8-20(15-19)25(4,5)27-24(30)26-21-10-9-18(3)22(16-21)23(29)28-11-13-31-14-12-28/h6-10,15-16H,1,11-14H2,2-5H3,(H2,26,27,30). The molecule has 0 saturated carbocycles. The first kappa shape index (κ1) is 22.6. The van der Waals surface area contributed by atoms with Crippen LogP contribution in [0.1, 0.15) is 47.8 Å². The lowest BCUT2D eigenvalue weighted by molar-refractivity contribution is 0.0302. The summed E-state index contributed by atoms with van der Waals surface area (Å²) in [6.07, 6.45) is 0. The number of ether oxygens (including phenoxy) is 1. The highest BCUT2D eigenvalue weighted by Crippen LogP contribution is 2.24. The Hall–Kier alpha value is -3.12. The van der Waals surface area contributed by atoms with Gasteiger partial charge in [-0.05, 0) is 62.6 Å². The first-order chi connectivity index (χ1) is 14.7. The molecule has 1 saturated heterocycles. The van der Waals surface area contributed by atoms with E-state index in [4.69, 9.17) is 4.74 Å². The molecule has 1 aliphatic heterocycles. The van der Waals surface area contributed by atoms with Gasteiger partial charge >= 0.3 is 6.03 Å². The number of allylic oxidation sites excluding steroid dienone is 1. The lowest BCUT2D eigenvalue weighted by atomic mass is 9.92.